The highest BCUT2D eigenvalue weighted by atomic mass is 32.2. The van der Waals surface area contributed by atoms with E-state index in [0.29, 0.717) is 63.5 Å². The third kappa shape index (κ3) is 8.68. The van der Waals surface area contributed by atoms with Crippen LogP contribution in [0.2, 0.25) is 0 Å². The summed E-state index contributed by atoms with van der Waals surface area (Å²) in [5.41, 5.74) is 2.59. The predicted molar refractivity (Wildman–Crippen MR) is 196 cm³/mol. The van der Waals surface area contributed by atoms with Gasteiger partial charge in [-0.05, 0) is 91.6 Å². The zero-order valence-corrected chi connectivity index (χ0v) is 31.1. The molecular weight excluding hydrogens is 691 g/mol. The van der Waals surface area contributed by atoms with Gasteiger partial charge in [-0.25, -0.2) is 16.8 Å². The van der Waals surface area contributed by atoms with Crippen molar-refractivity contribution in [1.82, 2.24) is 14.9 Å². The lowest BCUT2D eigenvalue weighted by atomic mass is 9.88. The minimum Gasteiger partial charge on any atom is -0.491 e. The molecule has 1 spiro atoms. The highest BCUT2D eigenvalue weighted by molar-refractivity contribution is 7.93. The fourth-order valence-electron chi connectivity index (χ4n) is 6.95. The van der Waals surface area contributed by atoms with Gasteiger partial charge in [0.15, 0.2) is 9.84 Å². The molecule has 0 radical (unpaired) electrons. The lowest BCUT2D eigenvalue weighted by Gasteiger charge is -2.38. The predicted octanol–water partition coefficient (Wildman–Crippen LogP) is 3.74. The second kappa shape index (κ2) is 15.6. The number of piperidine rings is 1. The van der Waals surface area contributed by atoms with Crippen molar-refractivity contribution in [2.75, 3.05) is 46.0 Å². The molecule has 0 aromatic heterocycles. The molecular formula is C38H51N3O8S2. The van der Waals surface area contributed by atoms with Crippen LogP contribution in [0, 0.1) is 5.92 Å². The van der Waals surface area contributed by atoms with Gasteiger partial charge >= 0.3 is 0 Å². The second-order valence-corrected chi connectivity index (χ2v) is 19.0. The molecule has 4 N–H and O–H groups in total. The van der Waals surface area contributed by atoms with Crippen LogP contribution in [0.3, 0.4) is 0 Å². The number of nitrogens with one attached hydrogen (secondary N) is 2. The number of ether oxygens (including phenoxy) is 2. The Morgan fingerprint density at radius 3 is 2.29 bits per heavy atom. The lowest BCUT2D eigenvalue weighted by molar-refractivity contribution is -0.0312. The summed E-state index contributed by atoms with van der Waals surface area (Å²) in [4.78, 5) is 0.388. The van der Waals surface area contributed by atoms with Gasteiger partial charge in [-0.1, -0.05) is 56.3 Å². The third-order valence-electron chi connectivity index (χ3n) is 10.3. The van der Waals surface area contributed by atoms with Crippen molar-refractivity contribution in [3.8, 4) is 16.9 Å². The van der Waals surface area contributed by atoms with Crippen LogP contribution in [0.1, 0.15) is 51.5 Å². The van der Waals surface area contributed by atoms with Crippen LogP contribution in [-0.2, 0) is 31.1 Å². The summed E-state index contributed by atoms with van der Waals surface area (Å²) in [5.74, 6) is 0.916. The van der Waals surface area contributed by atoms with Crippen molar-refractivity contribution < 1.29 is 36.5 Å². The smallest absolute Gasteiger partial charge is 0.243 e. The van der Waals surface area contributed by atoms with Gasteiger partial charge in [0.1, 0.15) is 18.5 Å². The standard InChI is InChI=1S/C38H51N3O8S2/c1-28(2)22-39-23-29-9-11-30(12-10-29)31-5-3-8-36(19-31)51(46,47)41-17-15-37(16-18-41)21-32(25-49-37)40-24-33(43)26-48-34-6-4-7-35(20-34)50(44,45)38(27-42)13-14-38/h3-12,19-20,28,32-33,39-40,42-43H,13-18,21-27H2,1-2H3/t32-,33?/m1/s1. The first-order valence-corrected chi connectivity index (χ1v) is 20.8. The molecule has 2 aliphatic heterocycles. The van der Waals surface area contributed by atoms with Crippen LogP contribution in [0.5, 0.6) is 5.75 Å². The van der Waals surface area contributed by atoms with Crippen molar-refractivity contribution in [1.29, 1.82) is 0 Å². The monoisotopic (exact) mass is 741 g/mol. The van der Waals surface area contributed by atoms with Crippen molar-refractivity contribution >= 4 is 19.9 Å². The summed E-state index contributed by atoms with van der Waals surface area (Å²) in [7, 11) is -7.36. The van der Waals surface area contributed by atoms with E-state index in [0.717, 1.165) is 24.2 Å². The number of aliphatic hydroxyl groups excluding tert-OH is 2. The largest absolute Gasteiger partial charge is 0.491 e. The Morgan fingerprint density at radius 1 is 0.902 bits per heavy atom. The Kier molecular flexibility index (Phi) is 11.6. The fraction of sp³-hybridized carbons (Fsp3) is 0.526. The minimum atomic E-state index is -3.69. The first kappa shape index (κ1) is 37.9. The maximum Gasteiger partial charge on any atom is 0.243 e. The number of benzene rings is 3. The molecule has 0 amide bonds. The van der Waals surface area contributed by atoms with Gasteiger partial charge in [0.25, 0.3) is 0 Å². The Bertz CT molecular complexity index is 1860. The van der Waals surface area contributed by atoms with Crippen molar-refractivity contribution in [3.63, 3.8) is 0 Å². The van der Waals surface area contributed by atoms with Crippen LogP contribution in [0.4, 0.5) is 0 Å². The molecule has 2 heterocycles. The van der Waals surface area contributed by atoms with Gasteiger partial charge < -0.3 is 30.3 Å². The van der Waals surface area contributed by atoms with Crippen molar-refractivity contribution in [2.24, 2.45) is 5.92 Å². The summed E-state index contributed by atoms with van der Waals surface area (Å²) in [6.07, 6.45) is 1.90. The van der Waals surface area contributed by atoms with Gasteiger partial charge in [0.05, 0.1) is 33.4 Å². The number of hydrogen-bond acceptors (Lipinski definition) is 10. The minimum absolute atomic E-state index is 0.00134. The number of hydrogen-bond donors (Lipinski definition) is 4. The normalized spacial score (nSPS) is 20.8. The quantitative estimate of drug-likeness (QED) is 0.171. The summed E-state index contributed by atoms with van der Waals surface area (Å²) < 4.78 is 65.7. The van der Waals surface area contributed by atoms with E-state index in [-0.39, 0.29) is 29.0 Å². The molecule has 6 rings (SSSR count). The maximum absolute atomic E-state index is 13.7. The average molecular weight is 742 g/mol. The van der Waals surface area contributed by atoms with Gasteiger partial charge in [-0.3, -0.25) is 0 Å². The first-order valence-electron chi connectivity index (χ1n) is 17.9. The van der Waals surface area contributed by atoms with Gasteiger partial charge in [-0.2, -0.15) is 4.31 Å². The van der Waals surface area contributed by atoms with E-state index >= 15 is 0 Å². The second-order valence-electron chi connectivity index (χ2n) is 14.7. The molecule has 1 unspecified atom stereocenters. The van der Waals surface area contributed by atoms with Crippen LogP contribution in [-0.4, -0.2) is 99.8 Å². The molecule has 1 saturated carbocycles. The molecule has 51 heavy (non-hydrogen) atoms. The molecule has 3 aromatic carbocycles. The Balaban J connectivity index is 0.962. The number of sulfone groups is 1. The molecule has 0 bridgehead atoms. The summed E-state index contributed by atoms with van der Waals surface area (Å²) in [6, 6.07) is 21.5. The van der Waals surface area contributed by atoms with Gasteiger partial charge in [0, 0.05) is 32.2 Å². The van der Waals surface area contributed by atoms with E-state index in [4.69, 9.17) is 9.47 Å². The molecule has 11 nitrogen and oxygen atoms in total. The number of aliphatic hydroxyl groups is 2. The van der Waals surface area contributed by atoms with Gasteiger partial charge in [0.2, 0.25) is 10.0 Å². The third-order valence-corrected chi connectivity index (χ3v) is 14.8. The molecule has 2 saturated heterocycles. The lowest BCUT2D eigenvalue weighted by Crippen LogP contribution is -2.47. The molecule has 2 atom stereocenters. The van der Waals surface area contributed by atoms with Crippen molar-refractivity contribution in [3.05, 3.63) is 78.4 Å². The topological polar surface area (TPSA) is 154 Å². The van der Waals surface area contributed by atoms with Crippen LogP contribution in [0.15, 0.2) is 82.6 Å². The fourth-order valence-corrected chi connectivity index (χ4v) is 10.3. The number of nitrogens with zero attached hydrogens (tertiary/aromatic N) is 1. The number of rotatable bonds is 16. The van der Waals surface area contributed by atoms with E-state index in [9.17, 15) is 27.0 Å². The molecule has 3 aromatic rings. The summed E-state index contributed by atoms with van der Waals surface area (Å²) in [5, 5.41) is 27.0. The summed E-state index contributed by atoms with van der Waals surface area (Å²) in [6.45, 7) is 7.10. The van der Waals surface area contributed by atoms with E-state index in [2.05, 4.69) is 36.6 Å². The molecule has 278 valence electrons. The van der Waals surface area contributed by atoms with E-state index < -0.39 is 42.9 Å². The van der Waals surface area contributed by atoms with E-state index in [1.54, 1.807) is 34.6 Å². The summed E-state index contributed by atoms with van der Waals surface area (Å²) >= 11 is 0. The highest BCUT2D eigenvalue weighted by Crippen LogP contribution is 2.46. The highest BCUT2D eigenvalue weighted by Gasteiger charge is 2.54. The number of sulfonamides is 1. The first-order chi connectivity index (χ1) is 24.3. The maximum atomic E-state index is 13.7. The molecule has 1 aliphatic carbocycles. The van der Waals surface area contributed by atoms with Crippen LogP contribution in [0.25, 0.3) is 11.1 Å². The average Bonchev–Trinajstić information content (AvgIpc) is 3.86. The SMILES string of the molecule is CC(C)CNCc1ccc(-c2cccc(S(=O)(=O)N3CCC4(CC3)C[C@@H](NCC(O)COc3cccc(S(=O)(=O)C5(CO)CC5)c3)CO4)c2)cc1. The van der Waals surface area contributed by atoms with Crippen LogP contribution < -0.4 is 15.4 Å². The zero-order chi connectivity index (χ0) is 36.3. The van der Waals surface area contributed by atoms with Crippen molar-refractivity contribution in [2.45, 2.75) is 84.8 Å². The zero-order valence-electron chi connectivity index (χ0n) is 29.5. The molecule has 13 heteroatoms. The van der Waals surface area contributed by atoms with Gasteiger partial charge in [-0.15, -0.1) is 0 Å². The molecule has 3 aliphatic rings. The Morgan fingerprint density at radius 2 is 1.61 bits per heavy atom. The van der Waals surface area contributed by atoms with Crippen LogP contribution >= 0.6 is 0 Å². The molecule has 3 fully saturated rings. The Hall–Kier alpha value is -2.88. The van der Waals surface area contributed by atoms with E-state index in [1.807, 2.05) is 18.2 Å². The van der Waals surface area contributed by atoms with E-state index in [1.165, 1.54) is 17.7 Å². The Labute approximate surface area is 302 Å².